The van der Waals surface area contributed by atoms with Gasteiger partial charge in [-0.25, -0.2) is 0 Å². The fourth-order valence-corrected chi connectivity index (χ4v) is 3.68. The molecule has 0 saturated carbocycles. The number of hydrogen-bond acceptors (Lipinski definition) is 5. The van der Waals surface area contributed by atoms with Crippen molar-refractivity contribution in [2.45, 2.75) is 32.0 Å². The van der Waals surface area contributed by atoms with Gasteiger partial charge in [-0.2, -0.15) is 0 Å². The first-order valence-electron chi connectivity index (χ1n) is 9.42. The third-order valence-corrected chi connectivity index (χ3v) is 5.94. The van der Waals surface area contributed by atoms with Gasteiger partial charge in [-0.1, -0.05) is 30.0 Å². The van der Waals surface area contributed by atoms with E-state index in [0.717, 1.165) is 22.7 Å². The highest BCUT2D eigenvalue weighted by molar-refractivity contribution is 7.99. The zero-order chi connectivity index (χ0) is 21.0. The minimum atomic E-state index is -0.0447. The molecule has 3 rings (SSSR count). The maximum Gasteiger partial charge on any atom is 0.230 e. The lowest BCUT2D eigenvalue weighted by molar-refractivity contribution is -0.119. The summed E-state index contributed by atoms with van der Waals surface area (Å²) in [5.74, 6) is 1.79. The monoisotopic (exact) mass is 410 g/mol. The first kappa shape index (κ1) is 20.9. The molecule has 0 radical (unpaired) electrons. The van der Waals surface area contributed by atoms with Crippen molar-refractivity contribution in [2.75, 3.05) is 12.9 Å². The number of benzene rings is 2. The van der Waals surface area contributed by atoms with Crippen LogP contribution in [0.3, 0.4) is 0 Å². The highest BCUT2D eigenvalue weighted by atomic mass is 32.2. The molecular weight excluding hydrogens is 384 g/mol. The van der Waals surface area contributed by atoms with Gasteiger partial charge in [0.1, 0.15) is 5.75 Å². The van der Waals surface area contributed by atoms with Crippen molar-refractivity contribution in [3.8, 4) is 17.1 Å². The number of aromatic nitrogens is 3. The highest BCUT2D eigenvalue weighted by Crippen LogP contribution is 2.24. The lowest BCUT2D eigenvalue weighted by Crippen LogP contribution is -2.28. The van der Waals surface area contributed by atoms with Gasteiger partial charge in [-0.15, -0.1) is 10.2 Å². The van der Waals surface area contributed by atoms with Crippen LogP contribution < -0.4 is 10.1 Å². The van der Waals surface area contributed by atoms with Crippen LogP contribution >= 0.6 is 11.8 Å². The number of rotatable bonds is 7. The van der Waals surface area contributed by atoms with Crippen molar-refractivity contribution in [1.82, 2.24) is 20.1 Å². The predicted octanol–water partition coefficient (Wildman–Crippen LogP) is 4.08. The van der Waals surface area contributed by atoms with Crippen LogP contribution in [0.2, 0.25) is 0 Å². The summed E-state index contributed by atoms with van der Waals surface area (Å²) in [7, 11) is 3.54. The Morgan fingerprint density at radius 1 is 1.14 bits per heavy atom. The van der Waals surface area contributed by atoms with Gasteiger partial charge in [0.25, 0.3) is 0 Å². The summed E-state index contributed by atoms with van der Waals surface area (Å²) >= 11 is 1.37. The van der Waals surface area contributed by atoms with Gasteiger partial charge in [-0.05, 0) is 61.7 Å². The number of methoxy groups -OCH3 is 1. The van der Waals surface area contributed by atoms with Crippen LogP contribution in [0, 0.1) is 13.8 Å². The summed E-state index contributed by atoms with van der Waals surface area (Å²) in [4.78, 5) is 12.4. The molecule has 152 valence electrons. The maximum absolute atomic E-state index is 12.4. The molecule has 0 aliphatic heterocycles. The molecule has 0 unspecified atom stereocenters. The molecule has 0 saturated heterocycles. The fourth-order valence-electron chi connectivity index (χ4n) is 2.96. The molecule has 0 aliphatic carbocycles. The molecule has 0 spiro atoms. The van der Waals surface area contributed by atoms with Crippen LogP contribution in [0.4, 0.5) is 0 Å². The number of ether oxygens (including phenoxy) is 1. The average molecular weight is 411 g/mol. The summed E-state index contributed by atoms with van der Waals surface area (Å²) in [6.07, 6.45) is 0. The summed E-state index contributed by atoms with van der Waals surface area (Å²) in [6, 6.07) is 13.9. The third kappa shape index (κ3) is 4.98. The Bertz CT molecular complexity index is 999. The number of carbonyl (C=O) groups is 1. The van der Waals surface area contributed by atoms with Crippen molar-refractivity contribution in [1.29, 1.82) is 0 Å². The van der Waals surface area contributed by atoms with Crippen LogP contribution in [-0.4, -0.2) is 33.5 Å². The lowest BCUT2D eigenvalue weighted by atomic mass is 10.0. The Morgan fingerprint density at radius 3 is 2.52 bits per heavy atom. The van der Waals surface area contributed by atoms with E-state index >= 15 is 0 Å². The second kappa shape index (κ2) is 9.13. The summed E-state index contributed by atoms with van der Waals surface area (Å²) < 4.78 is 7.09. The van der Waals surface area contributed by atoms with Crippen LogP contribution in [0.15, 0.2) is 47.6 Å². The van der Waals surface area contributed by atoms with Gasteiger partial charge in [-0.3, -0.25) is 4.79 Å². The van der Waals surface area contributed by atoms with Crippen LogP contribution in [0.1, 0.15) is 29.7 Å². The number of nitrogens with one attached hydrogen (secondary N) is 1. The van der Waals surface area contributed by atoms with Crippen molar-refractivity contribution >= 4 is 17.7 Å². The van der Waals surface area contributed by atoms with E-state index in [1.54, 1.807) is 7.11 Å². The van der Waals surface area contributed by atoms with Crippen molar-refractivity contribution in [3.05, 3.63) is 59.2 Å². The molecule has 2 aromatic carbocycles. The Balaban J connectivity index is 1.60. The molecule has 1 atom stereocenters. The van der Waals surface area contributed by atoms with Gasteiger partial charge < -0.3 is 14.6 Å². The van der Waals surface area contributed by atoms with E-state index in [2.05, 4.69) is 47.6 Å². The lowest BCUT2D eigenvalue weighted by Gasteiger charge is -2.15. The standard InChI is InChI=1S/C22H26N4O2S/c1-14-6-7-18(12-15(14)2)16(3)23-20(27)13-29-22-25-24-21(26(22)4)17-8-10-19(28-5)11-9-17/h6-12,16H,13H2,1-5H3,(H,23,27)/t16-/m1/s1. The summed E-state index contributed by atoms with van der Waals surface area (Å²) in [5, 5.41) is 12.2. The number of carbonyl (C=O) groups excluding carboxylic acids is 1. The van der Waals surface area contributed by atoms with E-state index in [1.165, 1.54) is 22.9 Å². The molecule has 1 amide bonds. The topological polar surface area (TPSA) is 69.0 Å². The van der Waals surface area contributed by atoms with Crippen molar-refractivity contribution < 1.29 is 9.53 Å². The van der Waals surface area contributed by atoms with Crippen LogP contribution in [0.5, 0.6) is 5.75 Å². The summed E-state index contributed by atoms with van der Waals surface area (Å²) in [6.45, 7) is 6.16. The van der Waals surface area contributed by atoms with Crippen molar-refractivity contribution in [2.24, 2.45) is 7.05 Å². The van der Waals surface area contributed by atoms with Crippen LogP contribution in [0.25, 0.3) is 11.4 Å². The van der Waals surface area contributed by atoms with Gasteiger partial charge in [0, 0.05) is 12.6 Å². The number of hydrogen-bond donors (Lipinski definition) is 1. The largest absolute Gasteiger partial charge is 0.497 e. The highest BCUT2D eigenvalue weighted by Gasteiger charge is 2.15. The van der Waals surface area contributed by atoms with E-state index in [4.69, 9.17) is 4.74 Å². The molecule has 0 aliphatic rings. The van der Waals surface area contributed by atoms with Gasteiger partial charge >= 0.3 is 0 Å². The number of amides is 1. The summed E-state index contributed by atoms with van der Waals surface area (Å²) in [5.41, 5.74) is 4.52. The molecule has 0 bridgehead atoms. The average Bonchev–Trinajstić information content (AvgIpc) is 3.09. The fraction of sp³-hybridized carbons (Fsp3) is 0.318. The zero-order valence-corrected chi connectivity index (χ0v) is 18.2. The third-order valence-electron chi connectivity index (χ3n) is 4.92. The minimum Gasteiger partial charge on any atom is -0.497 e. The molecular formula is C22H26N4O2S. The quantitative estimate of drug-likeness (QED) is 0.595. The number of thioether (sulfide) groups is 1. The molecule has 1 aromatic heterocycles. The Kier molecular flexibility index (Phi) is 6.59. The first-order chi connectivity index (χ1) is 13.9. The normalized spacial score (nSPS) is 11.9. The van der Waals surface area contributed by atoms with E-state index in [9.17, 15) is 4.79 Å². The van der Waals surface area contributed by atoms with Gasteiger partial charge in [0.2, 0.25) is 5.91 Å². The van der Waals surface area contributed by atoms with Gasteiger partial charge in [0.05, 0.1) is 18.9 Å². The van der Waals surface area contributed by atoms with Crippen LogP contribution in [-0.2, 0) is 11.8 Å². The van der Waals surface area contributed by atoms with Crippen molar-refractivity contribution in [3.63, 3.8) is 0 Å². The molecule has 29 heavy (non-hydrogen) atoms. The Hall–Kier alpha value is -2.80. The number of nitrogens with zero attached hydrogens (tertiary/aromatic N) is 3. The Labute approximate surface area is 175 Å². The zero-order valence-electron chi connectivity index (χ0n) is 17.4. The molecule has 6 nitrogen and oxygen atoms in total. The second-order valence-electron chi connectivity index (χ2n) is 7.02. The predicted molar refractivity (Wildman–Crippen MR) is 116 cm³/mol. The second-order valence-corrected chi connectivity index (χ2v) is 7.96. The van der Waals surface area contributed by atoms with E-state index in [-0.39, 0.29) is 17.7 Å². The minimum absolute atomic E-state index is 0.0327. The van der Waals surface area contributed by atoms with E-state index in [0.29, 0.717) is 5.16 Å². The first-order valence-corrected chi connectivity index (χ1v) is 10.4. The molecule has 3 aromatic rings. The maximum atomic E-state index is 12.4. The van der Waals surface area contributed by atoms with E-state index < -0.39 is 0 Å². The molecule has 1 heterocycles. The van der Waals surface area contributed by atoms with E-state index in [1.807, 2.05) is 42.8 Å². The van der Waals surface area contributed by atoms with Gasteiger partial charge in [0.15, 0.2) is 11.0 Å². The molecule has 7 heteroatoms. The molecule has 1 N–H and O–H groups in total. The number of aryl methyl sites for hydroxylation is 2. The smallest absolute Gasteiger partial charge is 0.230 e. The Morgan fingerprint density at radius 2 is 1.86 bits per heavy atom. The molecule has 0 fully saturated rings. The SMILES string of the molecule is COc1ccc(-c2nnc(SCC(=O)N[C@H](C)c3ccc(C)c(C)c3)n2C)cc1.